The van der Waals surface area contributed by atoms with Gasteiger partial charge in [0.15, 0.2) is 0 Å². The fourth-order valence-corrected chi connectivity index (χ4v) is 2.00. The molecule has 112 valence electrons. The Morgan fingerprint density at radius 3 is 2.33 bits per heavy atom. The number of hydrogen-bond acceptors (Lipinski definition) is 4. The summed E-state index contributed by atoms with van der Waals surface area (Å²) in [5, 5.41) is 12.3. The van der Waals surface area contributed by atoms with E-state index in [9.17, 15) is 0 Å². The first-order valence-corrected chi connectivity index (χ1v) is 7.34. The number of aromatic nitrogens is 2. The molecule has 1 aromatic heterocycles. The van der Waals surface area contributed by atoms with Gasteiger partial charge in [-0.2, -0.15) is 5.10 Å². The maximum absolute atomic E-state index is 6.14. The Morgan fingerprint density at radius 1 is 1.14 bits per heavy atom. The average Bonchev–Trinajstić information content (AvgIpc) is 2.44. The molecule has 0 spiro atoms. The molecule has 0 atom stereocenters. The van der Waals surface area contributed by atoms with E-state index in [-0.39, 0.29) is 0 Å². The lowest BCUT2D eigenvalue weighted by Crippen LogP contribution is -2.22. The van der Waals surface area contributed by atoms with E-state index in [2.05, 4.69) is 29.4 Å². The third-order valence-electron chi connectivity index (χ3n) is 3.02. The van der Waals surface area contributed by atoms with Crippen LogP contribution in [0.15, 0.2) is 24.3 Å². The van der Waals surface area contributed by atoms with E-state index in [1.165, 1.54) is 0 Å². The number of ether oxygens (including phenoxy) is 1. The molecule has 0 aliphatic heterocycles. The van der Waals surface area contributed by atoms with E-state index in [4.69, 9.17) is 16.3 Å². The molecule has 0 saturated carbocycles. The second-order valence-electron chi connectivity index (χ2n) is 5.37. The van der Waals surface area contributed by atoms with Crippen molar-refractivity contribution in [3.63, 3.8) is 0 Å². The predicted octanol–water partition coefficient (Wildman–Crippen LogP) is 4.04. The summed E-state index contributed by atoms with van der Waals surface area (Å²) in [5.41, 5.74) is 2.86. The van der Waals surface area contributed by atoms with Crippen LogP contribution >= 0.6 is 11.6 Å². The van der Waals surface area contributed by atoms with E-state index in [0.717, 1.165) is 27.6 Å². The van der Waals surface area contributed by atoms with Gasteiger partial charge in [0.25, 0.3) is 0 Å². The quantitative estimate of drug-likeness (QED) is 0.905. The summed E-state index contributed by atoms with van der Waals surface area (Å²) in [6.45, 7) is 8.79. The largest absolute Gasteiger partial charge is 0.438 e. The second kappa shape index (κ2) is 6.87. The third-order valence-corrected chi connectivity index (χ3v) is 3.62. The summed E-state index contributed by atoms with van der Waals surface area (Å²) < 4.78 is 5.72. The number of benzene rings is 1. The molecule has 21 heavy (non-hydrogen) atoms. The van der Waals surface area contributed by atoms with Crippen molar-refractivity contribution in [3.05, 3.63) is 46.1 Å². The lowest BCUT2D eigenvalue weighted by molar-refractivity contribution is 0.452. The summed E-state index contributed by atoms with van der Waals surface area (Å²) in [6, 6.07) is 7.94. The zero-order valence-electron chi connectivity index (χ0n) is 12.8. The Hall–Kier alpha value is -1.65. The van der Waals surface area contributed by atoms with Crippen LogP contribution in [-0.2, 0) is 6.54 Å². The van der Waals surface area contributed by atoms with Crippen LogP contribution < -0.4 is 10.1 Å². The number of hydrogen-bond donors (Lipinski definition) is 1. The predicted molar refractivity (Wildman–Crippen MR) is 85.0 cm³/mol. The number of aryl methyl sites for hydroxylation is 2. The minimum absolute atomic E-state index is 0.419. The van der Waals surface area contributed by atoms with Crippen LogP contribution in [0.2, 0.25) is 5.02 Å². The molecule has 0 aliphatic carbocycles. The highest BCUT2D eigenvalue weighted by Gasteiger charge is 2.06. The van der Waals surface area contributed by atoms with Gasteiger partial charge >= 0.3 is 0 Å². The topological polar surface area (TPSA) is 47.0 Å². The van der Waals surface area contributed by atoms with Gasteiger partial charge in [-0.1, -0.05) is 25.4 Å². The summed E-state index contributed by atoms with van der Waals surface area (Å²) in [7, 11) is 0. The smallest absolute Gasteiger partial charge is 0.238 e. The number of rotatable bonds is 5. The highest BCUT2D eigenvalue weighted by Crippen LogP contribution is 2.28. The maximum atomic E-state index is 6.14. The fraction of sp³-hybridized carbons (Fsp3) is 0.375. The summed E-state index contributed by atoms with van der Waals surface area (Å²) in [4.78, 5) is 0. The van der Waals surface area contributed by atoms with Crippen molar-refractivity contribution in [1.82, 2.24) is 15.5 Å². The molecule has 0 amide bonds. The molecule has 0 saturated heterocycles. The van der Waals surface area contributed by atoms with Crippen LogP contribution in [0.1, 0.15) is 30.7 Å². The highest BCUT2D eigenvalue weighted by molar-refractivity contribution is 6.32. The van der Waals surface area contributed by atoms with Gasteiger partial charge in [-0.05, 0) is 43.2 Å². The van der Waals surface area contributed by atoms with Crippen LogP contribution in [0.3, 0.4) is 0 Å². The Bertz CT molecular complexity index is 588. The molecule has 0 fully saturated rings. The molecule has 0 aliphatic rings. The van der Waals surface area contributed by atoms with Gasteiger partial charge in [-0.25, -0.2) is 0 Å². The lowest BCUT2D eigenvalue weighted by atomic mass is 10.1. The van der Waals surface area contributed by atoms with E-state index < -0.39 is 0 Å². The maximum Gasteiger partial charge on any atom is 0.238 e. The molecule has 2 aromatic rings. The first kappa shape index (κ1) is 15.7. The van der Waals surface area contributed by atoms with Crippen molar-refractivity contribution in [2.45, 2.75) is 40.3 Å². The normalized spacial score (nSPS) is 11.0. The van der Waals surface area contributed by atoms with Crippen LogP contribution in [0, 0.1) is 13.8 Å². The number of halogens is 1. The zero-order chi connectivity index (χ0) is 15.4. The fourth-order valence-electron chi connectivity index (χ4n) is 1.89. The molecular formula is C16H20ClN3O. The molecule has 1 heterocycles. The summed E-state index contributed by atoms with van der Waals surface area (Å²) >= 11 is 6.14. The van der Waals surface area contributed by atoms with E-state index in [1.807, 2.05) is 38.1 Å². The summed E-state index contributed by atoms with van der Waals surface area (Å²) in [5.74, 6) is 1.20. The highest BCUT2D eigenvalue weighted by atomic mass is 35.5. The van der Waals surface area contributed by atoms with Crippen molar-refractivity contribution in [3.8, 4) is 11.6 Å². The summed E-state index contributed by atoms with van der Waals surface area (Å²) in [6.07, 6.45) is 0. The standard InChI is InChI=1S/C16H20ClN3O/c1-10(2)18-9-13-5-6-15(20-19-13)21-14-7-11(3)16(17)12(4)8-14/h5-8,10,18H,9H2,1-4H3. The average molecular weight is 306 g/mol. The first-order chi connectivity index (χ1) is 9.95. The Morgan fingerprint density at radius 2 is 1.81 bits per heavy atom. The molecule has 5 heteroatoms. The molecule has 4 nitrogen and oxygen atoms in total. The molecule has 0 radical (unpaired) electrons. The van der Waals surface area contributed by atoms with Crippen molar-refractivity contribution < 1.29 is 4.74 Å². The second-order valence-corrected chi connectivity index (χ2v) is 5.75. The molecule has 1 N–H and O–H groups in total. The third kappa shape index (κ3) is 4.41. The Balaban J connectivity index is 2.06. The number of nitrogens with zero attached hydrogens (tertiary/aromatic N) is 2. The van der Waals surface area contributed by atoms with Crippen LogP contribution in [-0.4, -0.2) is 16.2 Å². The lowest BCUT2D eigenvalue weighted by Gasteiger charge is -2.09. The number of nitrogens with one attached hydrogen (secondary N) is 1. The molecule has 0 bridgehead atoms. The van der Waals surface area contributed by atoms with Gasteiger partial charge in [-0.3, -0.25) is 0 Å². The molecule has 2 rings (SSSR count). The monoisotopic (exact) mass is 305 g/mol. The van der Waals surface area contributed by atoms with Gasteiger partial charge in [0.05, 0.1) is 5.69 Å². The van der Waals surface area contributed by atoms with E-state index >= 15 is 0 Å². The minimum atomic E-state index is 0.419. The van der Waals surface area contributed by atoms with Gasteiger partial charge < -0.3 is 10.1 Å². The SMILES string of the molecule is Cc1cc(Oc2ccc(CNC(C)C)nn2)cc(C)c1Cl. The molecule has 1 aromatic carbocycles. The van der Waals surface area contributed by atoms with Gasteiger partial charge in [0, 0.05) is 23.7 Å². The van der Waals surface area contributed by atoms with Crippen LogP contribution in [0.5, 0.6) is 11.6 Å². The van der Waals surface area contributed by atoms with Gasteiger partial charge in [0.1, 0.15) is 5.75 Å². The van der Waals surface area contributed by atoms with E-state index in [0.29, 0.717) is 18.5 Å². The van der Waals surface area contributed by atoms with Gasteiger partial charge in [0.2, 0.25) is 5.88 Å². The minimum Gasteiger partial charge on any atom is -0.438 e. The zero-order valence-corrected chi connectivity index (χ0v) is 13.5. The molecular weight excluding hydrogens is 286 g/mol. The van der Waals surface area contributed by atoms with Crippen molar-refractivity contribution in [1.29, 1.82) is 0 Å². The Labute approximate surface area is 130 Å². The van der Waals surface area contributed by atoms with Crippen LogP contribution in [0.25, 0.3) is 0 Å². The van der Waals surface area contributed by atoms with Gasteiger partial charge in [-0.15, -0.1) is 5.10 Å². The van der Waals surface area contributed by atoms with Crippen molar-refractivity contribution >= 4 is 11.6 Å². The first-order valence-electron chi connectivity index (χ1n) is 6.96. The van der Waals surface area contributed by atoms with Crippen molar-refractivity contribution in [2.75, 3.05) is 0 Å². The van der Waals surface area contributed by atoms with E-state index in [1.54, 1.807) is 0 Å². The van der Waals surface area contributed by atoms with Crippen LogP contribution in [0.4, 0.5) is 0 Å². The van der Waals surface area contributed by atoms with Crippen molar-refractivity contribution in [2.24, 2.45) is 0 Å². The molecule has 0 unspecified atom stereocenters. The Kier molecular flexibility index (Phi) is 5.15.